The fourth-order valence-electron chi connectivity index (χ4n) is 1.44. The summed E-state index contributed by atoms with van der Waals surface area (Å²) in [7, 11) is 0. The van der Waals surface area contributed by atoms with Crippen molar-refractivity contribution >= 4 is 11.9 Å². The third-order valence-electron chi connectivity index (χ3n) is 2.30. The average molecular weight is 235 g/mol. The van der Waals surface area contributed by atoms with E-state index in [-0.39, 0.29) is 17.7 Å². The highest BCUT2D eigenvalue weighted by Crippen LogP contribution is 2.08. The summed E-state index contributed by atoms with van der Waals surface area (Å²) >= 11 is 0. The van der Waals surface area contributed by atoms with Gasteiger partial charge in [-0.3, -0.25) is 9.89 Å². The van der Waals surface area contributed by atoms with Crippen LogP contribution < -0.4 is 5.73 Å². The molecule has 0 spiro atoms. The Hall–Kier alpha value is -2.31. The number of nitrogens with zero attached hydrogens (tertiary/aromatic N) is 3. The molecule has 0 radical (unpaired) electrons. The second-order valence-electron chi connectivity index (χ2n) is 3.44. The van der Waals surface area contributed by atoms with E-state index >= 15 is 0 Å². The third-order valence-corrected chi connectivity index (χ3v) is 2.30. The minimum absolute atomic E-state index is 0.0578. The highest BCUT2D eigenvalue weighted by Gasteiger charge is 2.18. The Morgan fingerprint density at radius 3 is 3.00 bits per heavy atom. The Labute approximate surface area is 97.6 Å². The van der Waals surface area contributed by atoms with Gasteiger partial charge in [-0.2, -0.15) is 4.98 Å². The molecule has 3 N–H and O–H groups in total. The fraction of sp³-hybridized carbons (Fsp3) is 0.300. The normalized spacial score (nSPS) is 10.4. The highest BCUT2D eigenvalue weighted by molar-refractivity contribution is 5.90. The molecule has 2 rings (SSSR count). The van der Waals surface area contributed by atoms with Crippen LogP contribution in [-0.2, 0) is 6.54 Å². The molecule has 0 bridgehead atoms. The fourth-order valence-corrected chi connectivity index (χ4v) is 1.44. The van der Waals surface area contributed by atoms with Crippen molar-refractivity contribution in [1.29, 1.82) is 0 Å². The van der Waals surface area contributed by atoms with E-state index in [4.69, 9.17) is 10.2 Å². The number of amides is 1. The molecule has 1 amide bonds. The monoisotopic (exact) mass is 235 g/mol. The Balaban J connectivity index is 2.10. The van der Waals surface area contributed by atoms with Crippen LogP contribution in [0.2, 0.25) is 0 Å². The number of furan rings is 1. The summed E-state index contributed by atoms with van der Waals surface area (Å²) < 4.78 is 5.19. The summed E-state index contributed by atoms with van der Waals surface area (Å²) in [6.45, 7) is 2.81. The molecule has 2 aromatic heterocycles. The van der Waals surface area contributed by atoms with Crippen LogP contribution in [0.25, 0.3) is 0 Å². The Morgan fingerprint density at radius 1 is 1.65 bits per heavy atom. The van der Waals surface area contributed by atoms with E-state index in [2.05, 4.69) is 15.2 Å². The van der Waals surface area contributed by atoms with Gasteiger partial charge in [0.25, 0.3) is 5.91 Å². The smallest absolute Gasteiger partial charge is 0.291 e. The summed E-state index contributed by atoms with van der Waals surface area (Å²) in [5.74, 6) is 0.652. The van der Waals surface area contributed by atoms with Gasteiger partial charge in [-0.25, -0.2) is 0 Å². The lowest BCUT2D eigenvalue weighted by molar-refractivity contribution is 0.0729. The first-order valence-corrected chi connectivity index (χ1v) is 5.20. The molecule has 7 nitrogen and oxygen atoms in total. The number of rotatable bonds is 4. The lowest BCUT2D eigenvalue weighted by Crippen LogP contribution is -2.31. The van der Waals surface area contributed by atoms with E-state index in [0.29, 0.717) is 18.8 Å². The first-order chi connectivity index (χ1) is 8.20. The number of nitrogen functional groups attached to an aromatic ring is 1. The number of anilines is 1. The largest absolute Gasteiger partial charge is 0.467 e. The molecule has 0 saturated carbocycles. The molecule has 2 heterocycles. The molecule has 0 aromatic carbocycles. The summed E-state index contributed by atoms with van der Waals surface area (Å²) in [6.07, 6.45) is 1.57. The number of nitrogens with two attached hydrogens (primary N) is 1. The van der Waals surface area contributed by atoms with Gasteiger partial charge in [0.05, 0.1) is 12.8 Å². The van der Waals surface area contributed by atoms with Crippen molar-refractivity contribution in [3.05, 3.63) is 30.0 Å². The molecule has 90 valence electrons. The summed E-state index contributed by atoms with van der Waals surface area (Å²) in [4.78, 5) is 17.4. The topological polar surface area (TPSA) is 101 Å². The summed E-state index contributed by atoms with van der Waals surface area (Å²) in [6, 6.07) is 3.59. The minimum Gasteiger partial charge on any atom is -0.467 e. The van der Waals surface area contributed by atoms with Crippen LogP contribution in [0.5, 0.6) is 0 Å². The van der Waals surface area contributed by atoms with E-state index in [1.54, 1.807) is 17.2 Å². The number of H-pyrrole nitrogens is 1. The van der Waals surface area contributed by atoms with Gasteiger partial charge in [0.15, 0.2) is 0 Å². The van der Waals surface area contributed by atoms with E-state index in [1.807, 2.05) is 13.0 Å². The number of carbonyl (C=O) groups is 1. The molecule has 0 aliphatic rings. The minimum atomic E-state index is -0.256. The van der Waals surface area contributed by atoms with Gasteiger partial charge in [-0.1, -0.05) is 0 Å². The van der Waals surface area contributed by atoms with Gasteiger partial charge in [-0.05, 0) is 19.1 Å². The zero-order valence-corrected chi connectivity index (χ0v) is 9.38. The predicted octanol–water partition coefficient (Wildman–Crippen LogP) is 0.642. The summed E-state index contributed by atoms with van der Waals surface area (Å²) in [5, 5.41) is 6.11. The predicted molar refractivity (Wildman–Crippen MR) is 59.9 cm³/mol. The Bertz CT molecular complexity index is 491. The third kappa shape index (κ3) is 2.44. The number of nitrogens with one attached hydrogen (secondary N) is 1. The quantitative estimate of drug-likeness (QED) is 0.809. The van der Waals surface area contributed by atoms with Gasteiger partial charge >= 0.3 is 0 Å². The molecule has 2 aromatic rings. The molecule has 0 aliphatic heterocycles. The maximum absolute atomic E-state index is 12.0. The van der Waals surface area contributed by atoms with Crippen LogP contribution in [0.15, 0.2) is 22.8 Å². The Morgan fingerprint density at radius 2 is 2.47 bits per heavy atom. The molecule has 17 heavy (non-hydrogen) atoms. The molecule has 0 atom stereocenters. The van der Waals surface area contributed by atoms with Crippen LogP contribution in [0.4, 0.5) is 5.95 Å². The van der Waals surface area contributed by atoms with E-state index in [1.165, 1.54) is 0 Å². The standard InChI is InChI=1S/C10H13N5O2/c1-2-15(6-7-4-3-5-17-7)9(16)8-12-10(11)14-13-8/h3-5H,2,6H2,1H3,(H3,11,12,13,14). The van der Waals surface area contributed by atoms with Crippen molar-refractivity contribution in [2.75, 3.05) is 12.3 Å². The molecule has 7 heteroatoms. The van der Waals surface area contributed by atoms with Gasteiger partial charge < -0.3 is 15.1 Å². The molecule has 0 unspecified atom stereocenters. The van der Waals surface area contributed by atoms with Crippen LogP contribution in [-0.4, -0.2) is 32.5 Å². The SMILES string of the molecule is CCN(Cc1ccco1)C(=O)c1nc(N)n[nH]1. The van der Waals surface area contributed by atoms with Gasteiger partial charge in [0.1, 0.15) is 5.76 Å². The Kier molecular flexibility index (Phi) is 3.08. The lowest BCUT2D eigenvalue weighted by Gasteiger charge is -2.17. The second-order valence-corrected chi connectivity index (χ2v) is 3.44. The van der Waals surface area contributed by atoms with Crippen molar-refractivity contribution in [3.8, 4) is 0 Å². The van der Waals surface area contributed by atoms with Crippen LogP contribution in [0.1, 0.15) is 23.3 Å². The zero-order valence-electron chi connectivity index (χ0n) is 9.38. The van der Waals surface area contributed by atoms with E-state index < -0.39 is 0 Å². The molecule has 0 fully saturated rings. The molecule has 0 aliphatic carbocycles. The maximum Gasteiger partial charge on any atom is 0.291 e. The highest BCUT2D eigenvalue weighted by atomic mass is 16.3. The zero-order chi connectivity index (χ0) is 12.3. The van der Waals surface area contributed by atoms with Crippen LogP contribution >= 0.6 is 0 Å². The van der Waals surface area contributed by atoms with Crippen molar-refractivity contribution in [1.82, 2.24) is 20.1 Å². The van der Waals surface area contributed by atoms with E-state index in [0.717, 1.165) is 0 Å². The first-order valence-electron chi connectivity index (χ1n) is 5.20. The molecular formula is C10H13N5O2. The number of hydrogen-bond acceptors (Lipinski definition) is 5. The average Bonchev–Trinajstić information content (AvgIpc) is 2.96. The molecular weight excluding hydrogens is 222 g/mol. The van der Waals surface area contributed by atoms with Crippen molar-refractivity contribution in [2.45, 2.75) is 13.5 Å². The number of aromatic amines is 1. The lowest BCUT2D eigenvalue weighted by atomic mass is 10.3. The van der Waals surface area contributed by atoms with Gasteiger partial charge in [0.2, 0.25) is 11.8 Å². The number of aromatic nitrogens is 3. The van der Waals surface area contributed by atoms with Gasteiger partial charge in [-0.15, -0.1) is 5.10 Å². The molecule has 0 saturated heterocycles. The van der Waals surface area contributed by atoms with E-state index in [9.17, 15) is 4.79 Å². The van der Waals surface area contributed by atoms with Gasteiger partial charge in [0, 0.05) is 6.54 Å². The first kappa shape index (κ1) is 11.2. The van der Waals surface area contributed by atoms with Crippen LogP contribution in [0.3, 0.4) is 0 Å². The van der Waals surface area contributed by atoms with Crippen molar-refractivity contribution in [3.63, 3.8) is 0 Å². The second kappa shape index (κ2) is 4.69. The summed E-state index contributed by atoms with van der Waals surface area (Å²) in [5.41, 5.74) is 5.35. The van der Waals surface area contributed by atoms with Crippen LogP contribution in [0, 0.1) is 0 Å². The maximum atomic E-state index is 12.0. The van der Waals surface area contributed by atoms with Crippen molar-refractivity contribution in [2.24, 2.45) is 0 Å². The number of carbonyl (C=O) groups excluding carboxylic acids is 1. The van der Waals surface area contributed by atoms with Crippen molar-refractivity contribution < 1.29 is 9.21 Å². The number of hydrogen-bond donors (Lipinski definition) is 2.